The van der Waals surface area contributed by atoms with Crippen LogP contribution in [0.3, 0.4) is 0 Å². The predicted octanol–water partition coefficient (Wildman–Crippen LogP) is 2.06. The van der Waals surface area contributed by atoms with E-state index in [0.29, 0.717) is 0 Å². The Morgan fingerprint density at radius 3 is 2.76 bits per heavy atom. The highest BCUT2D eigenvalue weighted by Gasteiger charge is 2.07. The van der Waals surface area contributed by atoms with Crippen LogP contribution in [-0.4, -0.2) is 21.0 Å². The summed E-state index contributed by atoms with van der Waals surface area (Å²) in [5, 5.41) is 11.4. The lowest BCUT2D eigenvalue weighted by atomic mass is 10.3. The third-order valence-corrected chi connectivity index (χ3v) is 2.02. The Morgan fingerprint density at radius 1 is 1.29 bits per heavy atom. The summed E-state index contributed by atoms with van der Waals surface area (Å²) in [5.41, 5.74) is 0.0707. The lowest BCUT2D eigenvalue weighted by Crippen LogP contribution is -2.03. The van der Waals surface area contributed by atoms with Gasteiger partial charge in [0.05, 0.1) is 5.69 Å². The zero-order chi connectivity index (χ0) is 12.3. The van der Waals surface area contributed by atoms with Gasteiger partial charge < -0.3 is 10.4 Å². The molecule has 2 rings (SSSR count). The Hall–Kier alpha value is -2.50. The van der Waals surface area contributed by atoms with E-state index in [1.54, 1.807) is 12.1 Å². The van der Waals surface area contributed by atoms with Crippen LogP contribution in [0.1, 0.15) is 10.5 Å². The minimum absolute atomic E-state index is 0.154. The van der Waals surface area contributed by atoms with E-state index in [2.05, 4.69) is 15.3 Å². The molecule has 17 heavy (non-hydrogen) atoms. The molecule has 6 heteroatoms. The summed E-state index contributed by atoms with van der Waals surface area (Å²) in [6, 6.07) is 7.27. The summed E-state index contributed by atoms with van der Waals surface area (Å²) in [5.74, 6) is -1.38. The van der Waals surface area contributed by atoms with Crippen molar-refractivity contribution in [3.05, 3.63) is 48.2 Å². The number of carbonyl (C=O) groups is 1. The number of nitrogens with one attached hydrogen (secondary N) is 1. The monoisotopic (exact) mass is 233 g/mol. The fraction of sp³-hybridized carbons (Fsp3) is 0. The summed E-state index contributed by atoms with van der Waals surface area (Å²) in [4.78, 5) is 18.0. The average Bonchev–Trinajstić information content (AvgIpc) is 2.32. The Balaban J connectivity index is 2.28. The summed E-state index contributed by atoms with van der Waals surface area (Å²) < 4.78 is 13.3. The number of carboxylic acids is 1. The second-order valence-corrected chi connectivity index (χ2v) is 3.20. The van der Waals surface area contributed by atoms with Gasteiger partial charge in [-0.3, -0.25) is 0 Å². The summed E-state index contributed by atoms with van der Waals surface area (Å²) in [7, 11) is 0. The van der Waals surface area contributed by atoms with Crippen molar-refractivity contribution < 1.29 is 14.3 Å². The maximum atomic E-state index is 13.3. The highest BCUT2D eigenvalue weighted by molar-refractivity contribution is 5.86. The molecular formula is C11H8FN3O2. The van der Waals surface area contributed by atoms with Gasteiger partial charge in [0.15, 0.2) is 5.69 Å². The van der Waals surface area contributed by atoms with Crippen molar-refractivity contribution in [3.63, 3.8) is 0 Å². The van der Waals surface area contributed by atoms with Crippen LogP contribution >= 0.6 is 0 Å². The maximum absolute atomic E-state index is 13.3. The lowest BCUT2D eigenvalue weighted by molar-refractivity contribution is 0.0690. The molecule has 0 aliphatic rings. The van der Waals surface area contributed by atoms with Crippen LogP contribution in [0.25, 0.3) is 0 Å². The molecule has 0 saturated heterocycles. The molecule has 1 heterocycles. The molecule has 0 radical (unpaired) electrons. The molecule has 5 nitrogen and oxygen atoms in total. The van der Waals surface area contributed by atoms with Gasteiger partial charge in [-0.2, -0.15) is 0 Å². The summed E-state index contributed by atoms with van der Waals surface area (Å²) in [6.45, 7) is 0. The number of anilines is 2. The number of aromatic nitrogens is 2. The zero-order valence-electron chi connectivity index (χ0n) is 8.59. The van der Waals surface area contributed by atoms with Crippen molar-refractivity contribution in [1.82, 2.24) is 9.97 Å². The van der Waals surface area contributed by atoms with Gasteiger partial charge in [-0.15, -0.1) is 0 Å². The Morgan fingerprint density at radius 2 is 2.06 bits per heavy atom. The lowest BCUT2D eigenvalue weighted by Gasteiger charge is -2.06. The predicted molar refractivity (Wildman–Crippen MR) is 58.7 cm³/mol. The third kappa shape index (κ3) is 2.54. The first kappa shape index (κ1) is 11.0. The molecule has 2 aromatic rings. The largest absolute Gasteiger partial charge is 0.477 e. The fourth-order valence-corrected chi connectivity index (χ4v) is 1.24. The zero-order valence-corrected chi connectivity index (χ0v) is 8.59. The molecule has 0 amide bonds. The van der Waals surface area contributed by atoms with E-state index >= 15 is 0 Å². The van der Waals surface area contributed by atoms with Crippen LogP contribution in [0.5, 0.6) is 0 Å². The van der Waals surface area contributed by atoms with Gasteiger partial charge in [-0.1, -0.05) is 12.1 Å². The van der Waals surface area contributed by atoms with Crippen molar-refractivity contribution in [2.24, 2.45) is 0 Å². The van der Waals surface area contributed by atoms with Crippen molar-refractivity contribution >= 4 is 17.5 Å². The number of hydrogen-bond donors (Lipinski definition) is 2. The standard InChI is InChI=1S/C11H8FN3O2/c12-7-3-1-2-4-8(7)15-10-5-9(11(16)17)13-6-14-10/h1-6H,(H,16,17)(H,13,14,15). The normalized spacial score (nSPS) is 9.94. The number of benzene rings is 1. The molecule has 86 valence electrons. The molecule has 2 N–H and O–H groups in total. The van der Waals surface area contributed by atoms with Crippen molar-refractivity contribution in [2.75, 3.05) is 5.32 Å². The number of hydrogen-bond acceptors (Lipinski definition) is 4. The number of rotatable bonds is 3. The smallest absolute Gasteiger partial charge is 0.354 e. The molecule has 0 saturated carbocycles. The number of carboxylic acid groups (broad SMARTS) is 1. The van der Waals surface area contributed by atoms with Gasteiger partial charge in [0.1, 0.15) is 18.0 Å². The van der Waals surface area contributed by atoms with Crippen LogP contribution < -0.4 is 5.32 Å². The van der Waals surface area contributed by atoms with E-state index < -0.39 is 11.8 Å². The first-order chi connectivity index (χ1) is 8.16. The maximum Gasteiger partial charge on any atom is 0.354 e. The number of para-hydroxylation sites is 1. The molecule has 0 unspecified atom stereocenters. The Kier molecular flexibility index (Phi) is 2.95. The first-order valence-electron chi connectivity index (χ1n) is 4.74. The minimum Gasteiger partial charge on any atom is -0.477 e. The molecule has 0 aliphatic heterocycles. The molecule has 1 aromatic heterocycles. The highest BCUT2D eigenvalue weighted by atomic mass is 19.1. The summed E-state index contributed by atoms with van der Waals surface area (Å²) >= 11 is 0. The number of nitrogens with zero attached hydrogens (tertiary/aromatic N) is 2. The molecule has 0 aliphatic carbocycles. The first-order valence-corrected chi connectivity index (χ1v) is 4.74. The van der Waals surface area contributed by atoms with Crippen molar-refractivity contribution in [1.29, 1.82) is 0 Å². The van der Waals surface area contributed by atoms with Gasteiger partial charge >= 0.3 is 5.97 Å². The highest BCUT2D eigenvalue weighted by Crippen LogP contribution is 2.17. The van der Waals surface area contributed by atoms with Crippen LogP contribution in [0, 0.1) is 5.82 Å². The molecule has 0 atom stereocenters. The van der Waals surface area contributed by atoms with Crippen LogP contribution in [0.2, 0.25) is 0 Å². The van der Waals surface area contributed by atoms with E-state index in [9.17, 15) is 9.18 Å². The van der Waals surface area contributed by atoms with E-state index in [4.69, 9.17) is 5.11 Å². The van der Waals surface area contributed by atoms with Crippen LogP contribution in [0.4, 0.5) is 15.9 Å². The average molecular weight is 233 g/mol. The van der Waals surface area contributed by atoms with Gasteiger partial charge in [0.25, 0.3) is 0 Å². The second-order valence-electron chi connectivity index (χ2n) is 3.20. The molecule has 1 aromatic carbocycles. The van der Waals surface area contributed by atoms with Gasteiger partial charge in [0.2, 0.25) is 0 Å². The SMILES string of the molecule is O=C(O)c1cc(Nc2ccccc2F)ncn1. The van der Waals surface area contributed by atoms with Crippen molar-refractivity contribution in [2.45, 2.75) is 0 Å². The Labute approximate surface area is 96.0 Å². The summed E-state index contributed by atoms with van der Waals surface area (Å²) in [6.07, 6.45) is 1.10. The molecular weight excluding hydrogens is 225 g/mol. The topological polar surface area (TPSA) is 75.1 Å². The fourth-order valence-electron chi connectivity index (χ4n) is 1.24. The molecule has 0 fully saturated rings. The van der Waals surface area contributed by atoms with E-state index in [-0.39, 0.29) is 17.2 Å². The van der Waals surface area contributed by atoms with Crippen LogP contribution in [0.15, 0.2) is 36.7 Å². The van der Waals surface area contributed by atoms with E-state index in [1.165, 1.54) is 18.2 Å². The number of aromatic carboxylic acids is 1. The van der Waals surface area contributed by atoms with Crippen molar-refractivity contribution in [3.8, 4) is 0 Å². The quantitative estimate of drug-likeness (QED) is 0.848. The van der Waals surface area contributed by atoms with E-state index in [1.807, 2.05) is 0 Å². The van der Waals surface area contributed by atoms with Gasteiger partial charge in [-0.25, -0.2) is 19.2 Å². The van der Waals surface area contributed by atoms with Gasteiger partial charge in [0, 0.05) is 6.07 Å². The van der Waals surface area contributed by atoms with Gasteiger partial charge in [-0.05, 0) is 12.1 Å². The molecule has 0 bridgehead atoms. The Bertz CT molecular complexity index is 560. The van der Waals surface area contributed by atoms with E-state index in [0.717, 1.165) is 6.33 Å². The van der Waals surface area contributed by atoms with Crippen LogP contribution in [-0.2, 0) is 0 Å². The second kappa shape index (κ2) is 4.56. The molecule has 0 spiro atoms. The minimum atomic E-state index is -1.16. The number of halogens is 1. The third-order valence-electron chi connectivity index (χ3n) is 2.02.